The molecule has 2 aromatic rings. The van der Waals surface area contributed by atoms with Crippen LogP contribution in [0.2, 0.25) is 0 Å². The number of carbonyl (C=O) groups excluding carboxylic acids is 2. The lowest BCUT2D eigenvalue weighted by atomic mass is 9.97. The van der Waals surface area contributed by atoms with Crippen molar-refractivity contribution in [3.8, 4) is 0 Å². The number of imide groups is 1. The maximum Gasteiger partial charge on any atom is 0.330 e. The van der Waals surface area contributed by atoms with Crippen molar-refractivity contribution in [1.82, 2.24) is 23.9 Å². The summed E-state index contributed by atoms with van der Waals surface area (Å²) in [5, 5.41) is 0. The van der Waals surface area contributed by atoms with Gasteiger partial charge in [0.2, 0.25) is 5.91 Å². The third-order valence-corrected chi connectivity index (χ3v) is 5.65. The van der Waals surface area contributed by atoms with Crippen molar-refractivity contribution in [2.75, 3.05) is 20.1 Å². The lowest BCUT2D eigenvalue weighted by Gasteiger charge is -2.18. The van der Waals surface area contributed by atoms with Crippen LogP contribution >= 0.6 is 0 Å². The van der Waals surface area contributed by atoms with Gasteiger partial charge in [0.1, 0.15) is 6.54 Å². The first-order chi connectivity index (χ1) is 13.1. The minimum Gasteiger partial charge on any atom is -0.315 e. The number of pyridine rings is 1. The average molecular weight is 385 g/mol. The third kappa shape index (κ3) is 3.10. The predicted molar refractivity (Wildman–Crippen MR) is 105 cm³/mol. The van der Waals surface area contributed by atoms with Gasteiger partial charge in [-0.15, -0.1) is 0 Å². The standard InChI is InChI=1S/C20H27N5O3/c1-20(2,3)11-25-15-7-6-14(21-17(15)23(5)19(25)28)13-8-12(13)9-24-10-16(26)22(4)18(24)27/h6-7,12-13H,8-11H2,1-5H3. The van der Waals surface area contributed by atoms with Crippen LogP contribution in [0.5, 0.6) is 0 Å². The first kappa shape index (κ1) is 18.7. The van der Waals surface area contributed by atoms with Crippen LogP contribution in [0, 0.1) is 11.3 Å². The zero-order valence-electron chi connectivity index (χ0n) is 17.1. The Hall–Kier alpha value is -2.64. The van der Waals surface area contributed by atoms with Gasteiger partial charge in [-0.1, -0.05) is 20.8 Å². The first-order valence-corrected chi connectivity index (χ1v) is 9.68. The Bertz CT molecular complexity index is 1030. The van der Waals surface area contributed by atoms with E-state index in [1.807, 2.05) is 12.1 Å². The number of urea groups is 1. The van der Waals surface area contributed by atoms with E-state index in [0.717, 1.165) is 17.6 Å². The minimum absolute atomic E-state index is 0.00870. The molecule has 4 rings (SSSR count). The fraction of sp³-hybridized carbons (Fsp3) is 0.600. The Morgan fingerprint density at radius 2 is 1.86 bits per heavy atom. The molecule has 0 radical (unpaired) electrons. The van der Waals surface area contributed by atoms with Crippen molar-refractivity contribution in [2.24, 2.45) is 18.4 Å². The largest absolute Gasteiger partial charge is 0.330 e. The molecule has 3 amide bonds. The molecule has 150 valence electrons. The molecule has 2 aromatic heterocycles. The smallest absolute Gasteiger partial charge is 0.315 e. The molecule has 28 heavy (non-hydrogen) atoms. The summed E-state index contributed by atoms with van der Waals surface area (Å²) in [5.41, 5.74) is 2.44. The Morgan fingerprint density at radius 3 is 2.46 bits per heavy atom. The number of amides is 3. The number of imidazole rings is 1. The highest BCUT2D eigenvalue weighted by Gasteiger charge is 2.44. The van der Waals surface area contributed by atoms with Gasteiger partial charge in [0, 0.05) is 38.8 Å². The zero-order chi connectivity index (χ0) is 20.4. The van der Waals surface area contributed by atoms with E-state index in [4.69, 9.17) is 4.98 Å². The summed E-state index contributed by atoms with van der Waals surface area (Å²) in [6.07, 6.45) is 0.941. The summed E-state index contributed by atoms with van der Waals surface area (Å²) in [6, 6.07) is 3.76. The van der Waals surface area contributed by atoms with E-state index in [1.165, 1.54) is 11.9 Å². The predicted octanol–water partition coefficient (Wildman–Crippen LogP) is 1.78. The maximum atomic E-state index is 12.7. The van der Waals surface area contributed by atoms with Gasteiger partial charge in [0.25, 0.3) is 0 Å². The van der Waals surface area contributed by atoms with Gasteiger partial charge in [0.05, 0.1) is 5.52 Å². The summed E-state index contributed by atoms with van der Waals surface area (Å²) in [5.74, 6) is 0.415. The summed E-state index contributed by atoms with van der Waals surface area (Å²) in [7, 11) is 3.28. The van der Waals surface area contributed by atoms with Crippen LogP contribution in [0.4, 0.5) is 4.79 Å². The van der Waals surface area contributed by atoms with Crippen LogP contribution in [-0.2, 0) is 18.4 Å². The second-order valence-electron chi connectivity index (χ2n) is 9.29. The number of likely N-dealkylation sites (N-methyl/N-ethyl adjacent to an activating group) is 1. The van der Waals surface area contributed by atoms with Gasteiger partial charge in [-0.05, 0) is 29.9 Å². The molecule has 2 aliphatic rings. The number of nitrogens with zero attached hydrogens (tertiary/aromatic N) is 5. The first-order valence-electron chi connectivity index (χ1n) is 9.68. The SMILES string of the molecule is CN1C(=O)CN(CC2CC2c2ccc3c(n2)n(C)c(=O)n3CC(C)(C)C)C1=O. The van der Waals surface area contributed by atoms with Crippen molar-refractivity contribution in [3.05, 3.63) is 28.3 Å². The summed E-state index contributed by atoms with van der Waals surface area (Å²) in [6.45, 7) is 7.69. The molecule has 8 heteroatoms. The molecule has 2 unspecified atom stereocenters. The van der Waals surface area contributed by atoms with E-state index in [0.29, 0.717) is 24.7 Å². The molecule has 2 fully saturated rings. The summed E-state index contributed by atoms with van der Waals surface area (Å²) in [4.78, 5) is 44.0. The van der Waals surface area contributed by atoms with Crippen molar-refractivity contribution in [1.29, 1.82) is 0 Å². The van der Waals surface area contributed by atoms with E-state index < -0.39 is 0 Å². The van der Waals surface area contributed by atoms with Crippen LogP contribution < -0.4 is 5.69 Å². The number of fused-ring (bicyclic) bond motifs is 1. The maximum absolute atomic E-state index is 12.7. The topological polar surface area (TPSA) is 80.4 Å². The molecule has 0 bridgehead atoms. The molecule has 0 spiro atoms. The molecular formula is C20H27N5O3. The van der Waals surface area contributed by atoms with Gasteiger partial charge in [-0.2, -0.15) is 0 Å². The fourth-order valence-corrected chi connectivity index (χ4v) is 4.01. The molecule has 8 nitrogen and oxygen atoms in total. The quantitative estimate of drug-likeness (QED) is 0.752. The normalized spacial score (nSPS) is 22.6. The fourth-order valence-electron chi connectivity index (χ4n) is 4.01. The second kappa shape index (κ2) is 6.18. The number of aromatic nitrogens is 3. The monoisotopic (exact) mass is 385 g/mol. The van der Waals surface area contributed by atoms with Gasteiger partial charge in [-0.25, -0.2) is 14.6 Å². The lowest BCUT2D eigenvalue weighted by Crippen LogP contribution is -2.31. The van der Waals surface area contributed by atoms with Crippen LogP contribution in [0.25, 0.3) is 11.2 Å². The van der Waals surface area contributed by atoms with Gasteiger partial charge < -0.3 is 4.90 Å². The third-order valence-electron chi connectivity index (χ3n) is 5.65. The number of carbonyl (C=O) groups is 2. The molecule has 2 atom stereocenters. The summed E-state index contributed by atoms with van der Waals surface area (Å²) >= 11 is 0. The van der Waals surface area contributed by atoms with Crippen molar-refractivity contribution in [2.45, 2.75) is 39.7 Å². The number of hydrogen-bond donors (Lipinski definition) is 0. The van der Waals surface area contributed by atoms with E-state index in [-0.39, 0.29) is 35.5 Å². The number of aryl methyl sites for hydroxylation is 1. The van der Waals surface area contributed by atoms with Crippen molar-refractivity contribution in [3.63, 3.8) is 0 Å². The molecular weight excluding hydrogens is 358 g/mol. The molecule has 1 saturated heterocycles. The number of hydrogen-bond acceptors (Lipinski definition) is 4. The second-order valence-corrected chi connectivity index (χ2v) is 9.29. The lowest BCUT2D eigenvalue weighted by molar-refractivity contribution is -0.124. The van der Waals surface area contributed by atoms with Crippen LogP contribution in [0.15, 0.2) is 16.9 Å². The Morgan fingerprint density at radius 1 is 1.14 bits per heavy atom. The Kier molecular flexibility index (Phi) is 4.13. The molecule has 0 aromatic carbocycles. The zero-order valence-corrected chi connectivity index (χ0v) is 17.1. The molecule has 1 saturated carbocycles. The van der Waals surface area contributed by atoms with Crippen molar-refractivity contribution >= 4 is 23.1 Å². The number of rotatable bonds is 4. The summed E-state index contributed by atoms with van der Waals surface area (Å²) < 4.78 is 3.40. The molecule has 1 aliphatic heterocycles. The molecule has 3 heterocycles. The highest BCUT2D eigenvalue weighted by Crippen LogP contribution is 2.47. The van der Waals surface area contributed by atoms with E-state index in [9.17, 15) is 14.4 Å². The van der Waals surface area contributed by atoms with Gasteiger partial charge in [0.15, 0.2) is 5.65 Å². The van der Waals surface area contributed by atoms with Crippen molar-refractivity contribution < 1.29 is 9.59 Å². The van der Waals surface area contributed by atoms with Gasteiger partial charge in [-0.3, -0.25) is 18.8 Å². The Labute approximate surface area is 163 Å². The molecule has 1 aliphatic carbocycles. The minimum atomic E-state index is -0.222. The van der Waals surface area contributed by atoms with E-state index in [1.54, 1.807) is 21.1 Å². The van der Waals surface area contributed by atoms with Crippen LogP contribution in [0.3, 0.4) is 0 Å². The van der Waals surface area contributed by atoms with Gasteiger partial charge >= 0.3 is 11.7 Å². The van der Waals surface area contributed by atoms with E-state index in [2.05, 4.69) is 20.8 Å². The Balaban J connectivity index is 1.55. The van der Waals surface area contributed by atoms with Crippen LogP contribution in [-0.4, -0.2) is 56.0 Å². The highest BCUT2D eigenvalue weighted by atomic mass is 16.2. The van der Waals surface area contributed by atoms with E-state index >= 15 is 0 Å². The van der Waals surface area contributed by atoms with Crippen LogP contribution in [0.1, 0.15) is 38.8 Å². The highest BCUT2D eigenvalue weighted by molar-refractivity contribution is 6.01. The molecule has 0 N–H and O–H groups in total. The average Bonchev–Trinajstić information content (AvgIpc) is 3.31.